The van der Waals surface area contributed by atoms with Gasteiger partial charge < -0.3 is 15.4 Å². The lowest BCUT2D eigenvalue weighted by Crippen LogP contribution is -2.35. The van der Waals surface area contributed by atoms with E-state index < -0.39 is 0 Å². The lowest BCUT2D eigenvalue weighted by Gasteiger charge is -2.12. The summed E-state index contributed by atoms with van der Waals surface area (Å²) >= 11 is 0. The Labute approximate surface area is 106 Å². The first-order valence-electron chi connectivity index (χ1n) is 6.01. The number of methoxy groups -OCH3 is 1. The van der Waals surface area contributed by atoms with Crippen molar-refractivity contribution >= 4 is 5.91 Å². The minimum atomic E-state index is -0.280. The maximum absolute atomic E-state index is 13.6. The molecule has 1 amide bonds. The van der Waals surface area contributed by atoms with Crippen molar-refractivity contribution in [3.8, 4) is 5.75 Å². The van der Waals surface area contributed by atoms with Crippen molar-refractivity contribution in [3.05, 3.63) is 29.6 Å². The van der Waals surface area contributed by atoms with Gasteiger partial charge in [-0.15, -0.1) is 0 Å². The molecule has 1 aliphatic heterocycles. The van der Waals surface area contributed by atoms with Crippen LogP contribution in [0.2, 0.25) is 0 Å². The van der Waals surface area contributed by atoms with Crippen LogP contribution in [0, 0.1) is 5.82 Å². The number of carbonyl (C=O) groups is 1. The van der Waals surface area contributed by atoms with Crippen molar-refractivity contribution in [2.75, 3.05) is 13.7 Å². The van der Waals surface area contributed by atoms with Crippen molar-refractivity contribution in [2.45, 2.75) is 25.4 Å². The fourth-order valence-corrected chi connectivity index (χ4v) is 2.01. The molecule has 1 aromatic rings. The predicted molar refractivity (Wildman–Crippen MR) is 65.8 cm³/mol. The smallest absolute Gasteiger partial charge is 0.220 e. The van der Waals surface area contributed by atoms with Crippen molar-refractivity contribution in [1.29, 1.82) is 0 Å². The fourth-order valence-electron chi connectivity index (χ4n) is 2.01. The van der Waals surface area contributed by atoms with Gasteiger partial charge in [-0.3, -0.25) is 4.79 Å². The standard InChI is InChI=1S/C13H17FN2O2/c1-18-11-4-2-9(12(14)6-11)7-15-8-10-3-5-13(17)16-10/h2,4,6,10,15H,3,5,7-8H2,1H3,(H,16,17). The Kier molecular flexibility index (Phi) is 4.15. The van der Waals surface area contributed by atoms with Gasteiger partial charge >= 0.3 is 0 Å². The highest BCUT2D eigenvalue weighted by Gasteiger charge is 2.19. The van der Waals surface area contributed by atoms with Gasteiger partial charge in [-0.2, -0.15) is 0 Å². The first kappa shape index (κ1) is 12.8. The van der Waals surface area contributed by atoms with Crippen LogP contribution in [0.1, 0.15) is 18.4 Å². The predicted octanol–water partition coefficient (Wildman–Crippen LogP) is 1.20. The lowest BCUT2D eigenvalue weighted by atomic mass is 10.2. The molecule has 0 radical (unpaired) electrons. The molecular weight excluding hydrogens is 235 g/mol. The van der Waals surface area contributed by atoms with Gasteiger partial charge in [0.1, 0.15) is 11.6 Å². The highest BCUT2D eigenvalue weighted by atomic mass is 19.1. The molecule has 0 aliphatic carbocycles. The van der Waals surface area contributed by atoms with Crippen molar-refractivity contribution in [2.24, 2.45) is 0 Å². The highest BCUT2D eigenvalue weighted by molar-refractivity contribution is 5.78. The Bertz CT molecular complexity index is 437. The normalized spacial score (nSPS) is 18.8. The van der Waals surface area contributed by atoms with Crippen LogP contribution >= 0.6 is 0 Å². The maximum Gasteiger partial charge on any atom is 0.220 e. The highest BCUT2D eigenvalue weighted by Crippen LogP contribution is 2.16. The van der Waals surface area contributed by atoms with Crippen LogP contribution in [0.15, 0.2) is 18.2 Å². The molecule has 5 heteroatoms. The minimum Gasteiger partial charge on any atom is -0.497 e. The minimum absolute atomic E-state index is 0.0948. The summed E-state index contributed by atoms with van der Waals surface area (Å²) in [5.41, 5.74) is 0.597. The summed E-state index contributed by atoms with van der Waals surface area (Å²) in [5, 5.41) is 6.00. The molecule has 18 heavy (non-hydrogen) atoms. The molecule has 1 atom stereocenters. The van der Waals surface area contributed by atoms with Crippen molar-refractivity contribution < 1.29 is 13.9 Å². The fraction of sp³-hybridized carbons (Fsp3) is 0.462. The molecule has 1 saturated heterocycles. The number of amides is 1. The summed E-state index contributed by atoms with van der Waals surface area (Å²) < 4.78 is 18.5. The topological polar surface area (TPSA) is 50.4 Å². The zero-order valence-corrected chi connectivity index (χ0v) is 10.3. The number of hydrogen-bond donors (Lipinski definition) is 2. The summed E-state index contributed by atoms with van der Waals surface area (Å²) in [6.45, 7) is 1.11. The van der Waals surface area contributed by atoms with Crippen LogP contribution < -0.4 is 15.4 Å². The van der Waals surface area contributed by atoms with Gasteiger partial charge in [-0.1, -0.05) is 6.07 Å². The molecule has 0 bridgehead atoms. The van der Waals surface area contributed by atoms with E-state index in [0.29, 0.717) is 30.8 Å². The second-order valence-corrected chi connectivity index (χ2v) is 4.39. The van der Waals surface area contributed by atoms with E-state index in [0.717, 1.165) is 6.42 Å². The molecule has 1 aliphatic rings. The van der Waals surface area contributed by atoms with Crippen LogP contribution in [0.25, 0.3) is 0 Å². The summed E-state index contributed by atoms with van der Waals surface area (Å²) in [5.74, 6) is 0.328. The Balaban J connectivity index is 1.81. The summed E-state index contributed by atoms with van der Waals surface area (Å²) in [4.78, 5) is 11.0. The number of nitrogens with one attached hydrogen (secondary N) is 2. The van der Waals surface area contributed by atoms with Gasteiger partial charge in [-0.25, -0.2) is 4.39 Å². The zero-order valence-electron chi connectivity index (χ0n) is 10.3. The van der Waals surface area contributed by atoms with E-state index in [4.69, 9.17) is 4.74 Å². The van der Waals surface area contributed by atoms with Crippen LogP contribution in [0.4, 0.5) is 4.39 Å². The van der Waals surface area contributed by atoms with Crippen LogP contribution in [0.3, 0.4) is 0 Å². The maximum atomic E-state index is 13.6. The third-order valence-electron chi connectivity index (χ3n) is 3.05. The van der Waals surface area contributed by atoms with E-state index in [-0.39, 0.29) is 17.8 Å². The molecule has 0 spiro atoms. The van der Waals surface area contributed by atoms with E-state index in [1.54, 1.807) is 12.1 Å². The van der Waals surface area contributed by atoms with Crippen LogP contribution in [-0.2, 0) is 11.3 Å². The number of ether oxygens (including phenoxy) is 1. The number of benzene rings is 1. The first-order chi connectivity index (χ1) is 8.69. The quantitative estimate of drug-likeness (QED) is 0.828. The Morgan fingerprint density at radius 2 is 2.39 bits per heavy atom. The monoisotopic (exact) mass is 252 g/mol. The van der Waals surface area contributed by atoms with E-state index in [1.165, 1.54) is 13.2 Å². The van der Waals surface area contributed by atoms with Gasteiger partial charge in [-0.05, 0) is 12.5 Å². The van der Waals surface area contributed by atoms with Gasteiger partial charge in [0.05, 0.1) is 7.11 Å². The Hall–Kier alpha value is -1.62. The van der Waals surface area contributed by atoms with Crippen molar-refractivity contribution in [1.82, 2.24) is 10.6 Å². The molecule has 4 nitrogen and oxygen atoms in total. The van der Waals surface area contributed by atoms with Gasteiger partial charge in [0, 0.05) is 37.2 Å². The Morgan fingerprint density at radius 3 is 3.00 bits per heavy atom. The molecule has 1 fully saturated rings. The SMILES string of the molecule is COc1ccc(CNCC2CCC(=O)N2)c(F)c1. The van der Waals surface area contributed by atoms with Crippen molar-refractivity contribution in [3.63, 3.8) is 0 Å². The second-order valence-electron chi connectivity index (χ2n) is 4.39. The summed E-state index contributed by atoms with van der Waals surface area (Å²) in [6, 6.07) is 4.97. The van der Waals surface area contributed by atoms with E-state index >= 15 is 0 Å². The molecule has 1 unspecified atom stereocenters. The molecular formula is C13H17FN2O2. The lowest BCUT2D eigenvalue weighted by molar-refractivity contribution is -0.119. The van der Waals surface area contributed by atoms with Crippen LogP contribution in [0.5, 0.6) is 5.75 Å². The van der Waals surface area contributed by atoms with E-state index in [1.807, 2.05) is 0 Å². The molecule has 1 aromatic carbocycles. The largest absolute Gasteiger partial charge is 0.497 e. The third kappa shape index (κ3) is 3.20. The van der Waals surface area contributed by atoms with E-state index in [2.05, 4.69) is 10.6 Å². The number of carbonyl (C=O) groups excluding carboxylic acids is 1. The molecule has 2 rings (SSSR count). The molecule has 0 aromatic heterocycles. The molecule has 1 heterocycles. The number of halogens is 1. The third-order valence-corrected chi connectivity index (χ3v) is 3.05. The molecule has 98 valence electrons. The number of hydrogen-bond acceptors (Lipinski definition) is 3. The summed E-state index contributed by atoms with van der Waals surface area (Å²) in [6.07, 6.45) is 1.43. The van der Waals surface area contributed by atoms with Crippen LogP contribution in [-0.4, -0.2) is 25.6 Å². The van der Waals surface area contributed by atoms with Gasteiger partial charge in [0.2, 0.25) is 5.91 Å². The second kappa shape index (κ2) is 5.82. The number of rotatable bonds is 5. The average Bonchev–Trinajstić information content (AvgIpc) is 2.77. The zero-order chi connectivity index (χ0) is 13.0. The molecule has 0 saturated carbocycles. The first-order valence-corrected chi connectivity index (χ1v) is 6.01. The van der Waals surface area contributed by atoms with Gasteiger partial charge in [0.15, 0.2) is 0 Å². The van der Waals surface area contributed by atoms with E-state index in [9.17, 15) is 9.18 Å². The average molecular weight is 252 g/mol. The van der Waals surface area contributed by atoms with Gasteiger partial charge in [0.25, 0.3) is 0 Å². The summed E-state index contributed by atoms with van der Waals surface area (Å²) in [7, 11) is 1.51. The molecule has 2 N–H and O–H groups in total. The Morgan fingerprint density at radius 1 is 1.56 bits per heavy atom.